The first-order valence-electron chi connectivity index (χ1n) is 20.6. The lowest BCUT2D eigenvalue weighted by Crippen LogP contribution is -2.04. The highest BCUT2D eigenvalue weighted by atomic mass is 79.9. The number of nitrogen functional groups attached to an aromatic ring is 1. The fourth-order valence-electron chi connectivity index (χ4n) is 7.27. The zero-order valence-corrected chi connectivity index (χ0v) is 39.2. The summed E-state index contributed by atoms with van der Waals surface area (Å²) in [6, 6.07) is 38.4. The first-order chi connectivity index (χ1) is 28.2. The molecule has 0 aliphatic rings. The van der Waals surface area contributed by atoms with Crippen LogP contribution in [0.5, 0.6) is 0 Å². The lowest BCUT2D eigenvalue weighted by atomic mass is 9.92. The molecular weight excluding hydrogens is 825 g/mol. The highest BCUT2D eigenvalue weighted by molar-refractivity contribution is 9.10. The molecule has 0 atom stereocenters. The largest absolute Gasteiger partial charge is 0.398 e. The minimum Gasteiger partial charge on any atom is -0.398 e. The fraction of sp³-hybridized carbons (Fsp3) is 0.269. The number of aryl methyl sites for hydroxylation is 2. The number of nitrogens with zero attached hydrogens (tertiary/aromatic N) is 2. The van der Waals surface area contributed by atoms with Gasteiger partial charge in [0.25, 0.3) is 0 Å². The van der Waals surface area contributed by atoms with Crippen molar-refractivity contribution in [2.45, 2.75) is 92.9 Å². The molecule has 304 valence electrons. The molecule has 3 N–H and O–H groups in total. The summed E-state index contributed by atoms with van der Waals surface area (Å²) in [4.78, 5) is 12.4. The molecule has 0 amide bonds. The van der Waals surface area contributed by atoms with E-state index in [-0.39, 0.29) is 0 Å². The topological polar surface area (TPSA) is 63.8 Å². The molecule has 8 aromatic rings. The molecule has 4 aromatic carbocycles. The minimum atomic E-state index is 0.448. The highest BCUT2D eigenvalue weighted by Gasteiger charge is 2.16. The number of hydrogen-bond acceptors (Lipinski definition) is 6. The standard InChI is InChI=1S/C26H28N2S.C14H10BrNS.C12H19N/c1-16(2)21-9-7-10-22(17(3)4)26(21)28-24-11-6-8-19-12-13-23(27-25(19)24)20-14-18(5)29-15-20;1-9-7-11(8-17-9)13-6-5-10-3-2-4-12(15)14(10)16-13;1-8(2)10-6-5-7-11(9(3)4)12(10)13/h6-17,28H,1-5H3;2-8H,1H3;5-9H,13H2,1-4H3. The van der Waals surface area contributed by atoms with Crippen molar-refractivity contribution in [3.05, 3.63) is 156 Å². The van der Waals surface area contributed by atoms with Crippen LogP contribution >= 0.6 is 38.6 Å². The maximum Gasteiger partial charge on any atom is 0.0944 e. The average molecular weight is 882 g/mol. The first kappa shape index (κ1) is 43.8. The van der Waals surface area contributed by atoms with E-state index in [9.17, 15) is 0 Å². The number of benzene rings is 4. The molecule has 59 heavy (non-hydrogen) atoms. The van der Waals surface area contributed by atoms with E-state index in [1.807, 2.05) is 12.1 Å². The predicted molar refractivity (Wildman–Crippen MR) is 264 cm³/mol. The van der Waals surface area contributed by atoms with Crippen LogP contribution in [-0.4, -0.2) is 9.97 Å². The van der Waals surface area contributed by atoms with Gasteiger partial charge in [-0.1, -0.05) is 128 Å². The number of fused-ring (bicyclic) bond motifs is 2. The van der Waals surface area contributed by atoms with Gasteiger partial charge in [0.1, 0.15) is 0 Å². The van der Waals surface area contributed by atoms with Crippen LogP contribution in [0.15, 0.2) is 124 Å². The van der Waals surface area contributed by atoms with Crippen LogP contribution in [0.1, 0.15) is 111 Å². The smallest absolute Gasteiger partial charge is 0.0944 e. The van der Waals surface area contributed by atoms with E-state index in [0.717, 1.165) is 49.0 Å². The number of pyridine rings is 2. The Morgan fingerprint density at radius 2 is 0.949 bits per heavy atom. The van der Waals surface area contributed by atoms with Crippen molar-refractivity contribution in [2.75, 3.05) is 11.1 Å². The van der Waals surface area contributed by atoms with Crippen molar-refractivity contribution in [1.82, 2.24) is 9.97 Å². The van der Waals surface area contributed by atoms with Crippen LogP contribution in [0, 0.1) is 13.8 Å². The Morgan fingerprint density at radius 3 is 1.41 bits per heavy atom. The summed E-state index contributed by atoms with van der Waals surface area (Å²) in [5, 5.41) is 10.4. The lowest BCUT2D eigenvalue weighted by Gasteiger charge is -2.21. The van der Waals surface area contributed by atoms with Gasteiger partial charge in [0.2, 0.25) is 0 Å². The number of nitrogens with two attached hydrogens (primary N) is 1. The SMILES string of the molecule is CC(C)c1cccc(C(C)C)c1N.Cc1cc(-c2ccc3cccc(Br)c3n2)cs1.Cc1cc(-c2ccc3cccc(Nc4c(C(C)C)cccc4C(C)C)c3n2)cs1. The molecule has 4 nitrogen and oxygen atoms in total. The Morgan fingerprint density at radius 1 is 0.525 bits per heavy atom. The van der Waals surface area contributed by atoms with E-state index in [4.69, 9.17) is 15.7 Å². The number of para-hydroxylation sites is 4. The van der Waals surface area contributed by atoms with Gasteiger partial charge in [0.05, 0.1) is 28.1 Å². The monoisotopic (exact) mass is 880 g/mol. The number of halogens is 1. The van der Waals surface area contributed by atoms with E-state index in [1.54, 1.807) is 22.7 Å². The normalized spacial score (nSPS) is 11.3. The summed E-state index contributed by atoms with van der Waals surface area (Å²) in [6.45, 7) is 22.0. The number of thiophene rings is 2. The third-order valence-electron chi connectivity index (χ3n) is 10.5. The second-order valence-electron chi connectivity index (χ2n) is 16.4. The Labute approximate surface area is 368 Å². The quantitative estimate of drug-likeness (QED) is 0.149. The molecule has 0 bridgehead atoms. The molecule has 0 fully saturated rings. The summed E-state index contributed by atoms with van der Waals surface area (Å²) >= 11 is 7.07. The van der Waals surface area contributed by atoms with E-state index in [1.165, 1.54) is 48.8 Å². The van der Waals surface area contributed by atoms with Crippen molar-refractivity contribution < 1.29 is 0 Å². The molecule has 0 spiro atoms. The van der Waals surface area contributed by atoms with Crippen molar-refractivity contribution in [3.8, 4) is 22.5 Å². The van der Waals surface area contributed by atoms with E-state index in [2.05, 4.69) is 198 Å². The van der Waals surface area contributed by atoms with Crippen LogP contribution in [0.25, 0.3) is 44.3 Å². The number of anilines is 3. The molecule has 8 rings (SSSR count). The zero-order chi connectivity index (χ0) is 42.4. The van der Waals surface area contributed by atoms with Gasteiger partial charge in [-0.15, -0.1) is 22.7 Å². The van der Waals surface area contributed by atoms with Gasteiger partial charge in [-0.25, -0.2) is 9.97 Å². The maximum absolute atomic E-state index is 6.09. The maximum atomic E-state index is 6.09. The molecule has 0 aliphatic heterocycles. The molecule has 0 aliphatic carbocycles. The molecule has 0 saturated heterocycles. The summed E-state index contributed by atoms with van der Waals surface area (Å²) in [5.41, 5.74) is 21.1. The predicted octanol–water partition coefficient (Wildman–Crippen LogP) is 16.8. The van der Waals surface area contributed by atoms with Crippen LogP contribution in [0.3, 0.4) is 0 Å². The van der Waals surface area contributed by atoms with Crippen LogP contribution in [0.2, 0.25) is 0 Å². The van der Waals surface area contributed by atoms with Crippen molar-refractivity contribution in [2.24, 2.45) is 0 Å². The molecule has 0 unspecified atom stereocenters. The minimum absolute atomic E-state index is 0.448. The Bertz CT molecular complexity index is 2620. The third kappa shape index (κ3) is 10.5. The summed E-state index contributed by atoms with van der Waals surface area (Å²) in [6.07, 6.45) is 0. The second kappa shape index (κ2) is 19.5. The van der Waals surface area contributed by atoms with E-state index >= 15 is 0 Å². The van der Waals surface area contributed by atoms with E-state index < -0.39 is 0 Å². The first-order valence-corrected chi connectivity index (χ1v) is 23.1. The Kier molecular flexibility index (Phi) is 14.5. The lowest BCUT2D eigenvalue weighted by molar-refractivity contribution is 0.838. The fourth-order valence-corrected chi connectivity index (χ4v) is 9.14. The third-order valence-corrected chi connectivity index (χ3v) is 12.9. The molecule has 7 heteroatoms. The summed E-state index contributed by atoms with van der Waals surface area (Å²) in [7, 11) is 0. The van der Waals surface area contributed by atoms with Crippen molar-refractivity contribution in [3.63, 3.8) is 0 Å². The van der Waals surface area contributed by atoms with Gasteiger partial charge in [0.15, 0.2) is 0 Å². The molecule has 0 radical (unpaired) electrons. The van der Waals surface area contributed by atoms with E-state index in [0.29, 0.717) is 23.7 Å². The van der Waals surface area contributed by atoms with Gasteiger partial charge in [0, 0.05) is 58.3 Å². The van der Waals surface area contributed by atoms with Crippen LogP contribution in [-0.2, 0) is 0 Å². The second-order valence-corrected chi connectivity index (χ2v) is 19.5. The summed E-state index contributed by atoms with van der Waals surface area (Å²) in [5.74, 6) is 1.92. The van der Waals surface area contributed by atoms with Crippen molar-refractivity contribution >= 4 is 77.5 Å². The number of nitrogens with one attached hydrogen (secondary N) is 1. The number of rotatable bonds is 8. The van der Waals surface area contributed by atoms with Crippen LogP contribution < -0.4 is 11.1 Å². The number of hydrogen-bond donors (Lipinski definition) is 2. The Hall–Kier alpha value is -4.82. The van der Waals surface area contributed by atoms with Gasteiger partial charge in [-0.3, -0.25) is 0 Å². The zero-order valence-electron chi connectivity index (χ0n) is 36.0. The van der Waals surface area contributed by atoms with Gasteiger partial charge < -0.3 is 11.1 Å². The molecule has 4 aromatic heterocycles. The van der Waals surface area contributed by atoms with Gasteiger partial charge >= 0.3 is 0 Å². The molecular formula is C52H57BrN4S2. The van der Waals surface area contributed by atoms with Crippen molar-refractivity contribution in [1.29, 1.82) is 0 Å². The van der Waals surface area contributed by atoms with Gasteiger partial charge in [-0.2, -0.15) is 0 Å². The molecule has 4 heterocycles. The summed E-state index contributed by atoms with van der Waals surface area (Å²) < 4.78 is 1.05. The number of aromatic nitrogens is 2. The van der Waals surface area contributed by atoms with Gasteiger partial charge in [-0.05, 0) is 112 Å². The Balaban J connectivity index is 0.000000165. The highest BCUT2D eigenvalue weighted by Crippen LogP contribution is 2.37. The van der Waals surface area contributed by atoms with Crippen LogP contribution in [0.4, 0.5) is 17.1 Å². The molecule has 0 saturated carbocycles. The average Bonchev–Trinajstić information content (AvgIpc) is 3.86.